The van der Waals surface area contributed by atoms with Gasteiger partial charge >= 0.3 is 5.97 Å². The van der Waals surface area contributed by atoms with E-state index in [1.54, 1.807) is 19.9 Å². The first-order valence-corrected chi connectivity index (χ1v) is 13.3. The molecule has 1 aliphatic heterocycles. The molecule has 1 heterocycles. The number of allylic oxidation sites excluding steroid dienone is 4. The molecular formula is C29H49NO5. The highest BCUT2D eigenvalue weighted by Crippen LogP contribution is 2.33. The van der Waals surface area contributed by atoms with Crippen molar-refractivity contribution in [1.82, 2.24) is 5.32 Å². The summed E-state index contributed by atoms with van der Waals surface area (Å²) in [7, 11) is 0. The zero-order valence-corrected chi connectivity index (χ0v) is 22.8. The quantitative estimate of drug-likeness (QED) is 0.279. The summed E-state index contributed by atoms with van der Waals surface area (Å²) in [6, 6.07) is 0.330. The van der Waals surface area contributed by atoms with Gasteiger partial charge in [0.15, 0.2) is 0 Å². The number of nitrogens with one attached hydrogen (secondary N) is 1. The molecule has 0 radical (unpaired) electrons. The third-order valence-corrected chi connectivity index (χ3v) is 6.61. The Kier molecular flexibility index (Phi) is 14.2. The van der Waals surface area contributed by atoms with Crippen molar-refractivity contribution in [2.45, 2.75) is 111 Å². The van der Waals surface area contributed by atoms with E-state index in [4.69, 9.17) is 9.84 Å². The van der Waals surface area contributed by atoms with E-state index in [0.717, 1.165) is 38.5 Å². The highest BCUT2D eigenvalue weighted by Gasteiger charge is 2.33. The highest BCUT2D eigenvalue weighted by atomic mass is 16.5. The fourth-order valence-electron chi connectivity index (χ4n) is 4.57. The van der Waals surface area contributed by atoms with Crippen LogP contribution in [0.2, 0.25) is 0 Å². The molecule has 2 rings (SSSR count). The molecule has 2 aliphatic rings. The molecule has 0 aromatic rings. The first-order valence-electron chi connectivity index (χ1n) is 13.3. The number of rotatable bonds is 9. The minimum absolute atomic E-state index is 0.0488. The standard InChI is InChI=1S/C25H41NO3.C4H8O2/c1-5-6-7-24(28)26-22-13-11-20(12-14-22)10-8-19(2)9-15-23-16-21(18-27)17-25(3,4)29-23;1-3(2)4(5)6/h6-9,15,20-23,27H,5,10-14,16-18H2,1-4H3,(H,26,28);3H,1-2H3,(H,5,6)/b7-6-,15-9+,19-8+;. The summed E-state index contributed by atoms with van der Waals surface area (Å²) >= 11 is 0. The maximum atomic E-state index is 11.8. The Bertz CT molecular complexity index is 729. The van der Waals surface area contributed by atoms with Gasteiger partial charge in [-0.3, -0.25) is 9.59 Å². The third kappa shape index (κ3) is 13.7. The number of amides is 1. The highest BCUT2D eigenvalue weighted by molar-refractivity contribution is 5.87. The smallest absolute Gasteiger partial charge is 0.305 e. The first kappa shape index (κ1) is 31.1. The average molecular weight is 492 g/mol. The Morgan fingerprint density at radius 3 is 2.29 bits per heavy atom. The molecule has 0 bridgehead atoms. The molecule has 2 unspecified atom stereocenters. The van der Waals surface area contributed by atoms with Crippen LogP contribution in [0.3, 0.4) is 0 Å². The van der Waals surface area contributed by atoms with Crippen LogP contribution in [0, 0.1) is 17.8 Å². The van der Waals surface area contributed by atoms with E-state index in [9.17, 15) is 14.7 Å². The van der Waals surface area contributed by atoms with Crippen LogP contribution >= 0.6 is 0 Å². The van der Waals surface area contributed by atoms with Crippen LogP contribution in [-0.2, 0) is 14.3 Å². The molecule has 0 aromatic carbocycles. The molecular weight excluding hydrogens is 442 g/mol. The summed E-state index contributed by atoms with van der Waals surface area (Å²) in [5, 5.41) is 20.7. The average Bonchev–Trinajstić information content (AvgIpc) is 2.80. The summed E-state index contributed by atoms with van der Waals surface area (Å²) in [5.41, 5.74) is 1.11. The van der Waals surface area contributed by atoms with Gasteiger partial charge in [0.2, 0.25) is 5.91 Å². The number of hydrogen-bond acceptors (Lipinski definition) is 4. The molecule has 6 nitrogen and oxygen atoms in total. The Labute approximate surface area is 212 Å². The lowest BCUT2D eigenvalue weighted by Crippen LogP contribution is -2.39. The van der Waals surface area contributed by atoms with Gasteiger partial charge in [0.25, 0.3) is 0 Å². The van der Waals surface area contributed by atoms with E-state index in [2.05, 4.69) is 44.3 Å². The van der Waals surface area contributed by atoms with Crippen molar-refractivity contribution in [2.24, 2.45) is 17.8 Å². The van der Waals surface area contributed by atoms with Crippen LogP contribution in [0.15, 0.2) is 36.0 Å². The third-order valence-electron chi connectivity index (χ3n) is 6.61. The van der Waals surface area contributed by atoms with Gasteiger partial charge in [-0.05, 0) is 90.0 Å². The van der Waals surface area contributed by atoms with Crippen molar-refractivity contribution in [1.29, 1.82) is 0 Å². The Hall–Kier alpha value is -1.92. The van der Waals surface area contributed by atoms with E-state index in [0.29, 0.717) is 17.9 Å². The summed E-state index contributed by atoms with van der Waals surface area (Å²) < 4.78 is 6.15. The summed E-state index contributed by atoms with van der Waals surface area (Å²) in [6.07, 6.45) is 18.6. The van der Waals surface area contributed by atoms with Crippen molar-refractivity contribution < 1.29 is 24.5 Å². The maximum Gasteiger partial charge on any atom is 0.305 e. The number of carbonyl (C=O) groups is 2. The van der Waals surface area contributed by atoms with E-state index in [1.165, 1.54) is 18.4 Å². The molecule has 2 fully saturated rings. The number of carbonyl (C=O) groups excluding carboxylic acids is 1. The van der Waals surface area contributed by atoms with E-state index in [-0.39, 0.29) is 30.1 Å². The van der Waals surface area contributed by atoms with Gasteiger partial charge in [0.1, 0.15) is 0 Å². The molecule has 1 saturated carbocycles. The molecule has 0 aromatic heterocycles. The van der Waals surface area contributed by atoms with Crippen LogP contribution in [0.25, 0.3) is 0 Å². The van der Waals surface area contributed by atoms with Crippen LogP contribution in [0.5, 0.6) is 0 Å². The van der Waals surface area contributed by atoms with Crippen molar-refractivity contribution >= 4 is 11.9 Å². The van der Waals surface area contributed by atoms with Crippen LogP contribution in [-0.4, -0.2) is 46.4 Å². The van der Waals surface area contributed by atoms with Crippen LogP contribution in [0.1, 0.15) is 92.9 Å². The van der Waals surface area contributed by atoms with E-state index < -0.39 is 5.97 Å². The second-order valence-corrected chi connectivity index (χ2v) is 11.0. The predicted molar refractivity (Wildman–Crippen MR) is 142 cm³/mol. The molecule has 6 heteroatoms. The molecule has 1 amide bonds. The molecule has 1 aliphatic carbocycles. The fourth-order valence-corrected chi connectivity index (χ4v) is 4.57. The molecule has 3 N–H and O–H groups in total. The van der Waals surface area contributed by atoms with Crippen molar-refractivity contribution in [3.8, 4) is 0 Å². The topological polar surface area (TPSA) is 95.9 Å². The van der Waals surface area contributed by atoms with Crippen molar-refractivity contribution in [3.63, 3.8) is 0 Å². The minimum atomic E-state index is -0.741. The van der Waals surface area contributed by atoms with E-state index >= 15 is 0 Å². The number of carboxylic acids is 1. The first-order chi connectivity index (χ1) is 16.5. The second kappa shape index (κ2) is 15.9. The van der Waals surface area contributed by atoms with Gasteiger partial charge in [0.05, 0.1) is 17.6 Å². The molecule has 200 valence electrons. The monoisotopic (exact) mass is 491 g/mol. The SMILES string of the molecule is CC(C)C(=O)O.CC/C=C\C(=O)NC1CCC(C/C=C(C)/C=C/C2CC(CO)CC(C)(C)O2)CC1. The van der Waals surface area contributed by atoms with Crippen LogP contribution in [0.4, 0.5) is 0 Å². The van der Waals surface area contributed by atoms with Gasteiger partial charge in [-0.1, -0.05) is 50.6 Å². The zero-order valence-electron chi connectivity index (χ0n) is 22.8. The number of ether oxygens (including phenoxy) is 1. The minimum Gasteiger partial charge on any atom is -0.481 e. The largest absolute Gasteiger partial charge is 0.481 e. The van der Waals surface area contributed by atoms with Crippen molar-refractivity contribution in [3.05, 3.63) is 36.0 Å². The van der Waals surface area contributed by atoms with Crippen LogP contribution < -0.4 is 5.32 Å². The summed E-state index contributed by atoms with van der Waals surface area (Å²) in [4.78, 5) is 21.5. The number of aliphatic hydroxyl groups is 1. The molecule has 1 saturated heterocycles. The Balaban J connectivity index is 0.000000905. The predicted octanol–water partition coefficient (Wildman–Crippen LogP) is 5.81. The van der Waals surface area contributed by atoms with Gasteiger partial charge in [-0.25, -0.2) is 0 Å². The summed E-state index contributed by atoms with van der Waals surface area (Å²) in [5.74, 6) is 0.111. The lowest BCUT2D eigenvalue weighted by Gasteiger charge is -2.39. The normalized spacial score (nSPS) is 27.0. The fraction of sp³-hybridized carbons (Fsp3) is 0.724. The van der Waals surface area contributed by atoms with Gasteiger partial charge in [-0.15, -0.1) is 0 Å². The van der Waals surface area contributed by atoms with E-state index in [1.807, 2.05) is 13.0 Å². The lowest BCUT2D eigenvalue weighted by molar-refractivity contribution is -0.140. The number of hydrogen-bond donors (Lipinski definition) is 3. The molecule has 2 atom stereocenters. The summed E-state index contributed by atoms with van der Waals surface area (Å²) in [6.45, 7) is 11.9. The number of aliphatic hydroxyl groups excluding tert-OH is 1. The van der Waals surface area contributed by atoms with Crippen molar-refractivity contribution in [2.75, 3.05) is 6.61 Å². The second-order valence-electron chi connectivity index (χ2n) is 11.0. The Morgan fingerprint density at radius 2 is 1.74 bits per heavy atom. The van der Waals surface area contributed by atoms with Gasteiger partial charge in [-0.2, -0.15) is 0 Å². The number of carboxylic acid groups (broad SMARTS) is 1. The molecule has 35 heavy (non-hydrogen) atoms. The zero-order chi connectivity index (χ0) is 26.4. The Morgan fingerprint density at radius 1 is 1.11 bits per heavy atom. The lowest BCUT2D eigenvalue weighted by atomic mass is 9.83. The molecule has 0 spiro atoms. The maximum absolute atomic E-state index is 11.8. The van der Waals surface area contributed by atoms with Gasteiger partial charge < -0.3 is 20.3 Å². The number of aliphatic carboxylic acids is 1. The van der Waals surface area contributed by atoms with Gasteiger partial charge in [0, 0.05) is 12.6 Å².